The molecule has 4 nitrogen and oxygen atoms in total. The number of aryl methyl sites for hydroxylation is 2. The smallest absolute Gasteiger partial charge is 0.262 e. The number of aromatic nitrogens is 3. The number of halogens is 1. The molecule has 96 valence electrons. The number of rotatable bonds is 4. The van der Waals surface area contributed by atoms with E-state index in [1.54, 1.807) is 0 Å². The lowest BCUT2D eigenvalue weighted by atomic mass is 10.2. The molecule has 0 amide bonds. The average molecular weight is 284 g/mol. The van der Waals surface area contributed by atoms with E-state index in [-0.39, 0.29) is 0 Å². The van der Waals surface area contributed by atoms with E-state index in [0.717, 1.165) is 34.9 Å². The minimum Gasteiger partial charge on any atom is -0.436 e. The third-order valence-electron chi connectivity index (χ3n) is 2.55. The highest BCUT2D eigenvalue weighted by molar-refractivity contribution is 7.99. The molecule has 0 bridgehead atoms. The van der Waals surface area contributed by atoms with Crippen LogP contribution in [0.15, 0.2) is 21.0 Å². The van der Waals surface area contributed by atoms with Crippen molar-refractivity contribution in [1.82, 2.24) is 15.0 Å². The summed E-state index contributed by atoms with van der Waals surface area (Å²) >= 11 is 7.49. The van der Waals surface area contributed by atoms with Gasteiger partial charge >= 0.3 is 0 Å². The van der Waals surface area contributed by atoms with E-state index in [2.05, 4.69) is 21.9 Å². The number of hydrogen-bond acceptors (Lipinski definition) is 5. The van der Waals surface area contributed by atoms with E-state index < -0.39 is 0 Å². The Morgan fingerprint density at radius 2 is 2.11 bits per heavy atom. The van der Waals surface area contributed by atoms with Gasteiger partial charge in [0.1, 0.15) is 22.3 Å². The Hall–Kier alpha value is -1.07. The van der Waals surface area contributed by atoms with Gasteiger partial charge < -0.3 is 4.42 Å². The number of oxazole rings is 1. The molecule has 18 heavy (non-hydrogen) atoms. The van der Waals surface area contributed by atoms with Gasteiger partial charge in [-0.2, -0.15) is 0 Å². The summed E-state index contributed by atoms with van der Waals surface area (Å²) in [4.78, 5) is 12.6. The summed E-state index contributed by atoms with van der Waals surface area (Å²) in [7, 11) is 0. The second-order valence-corrected chi connectivity index (χ2v) is 5.22. The maximum atomic E-state index is 6.10. The van der Waals surface area contributed by atoms with Crippen LogP contribution in [-0.4, -0.2) is 15.0 Å². The van der Waals surface area contributed by atoms with Crippen molar-refractivity contribution in [2.75, 3.05) is 0 Å². The first kappa shape index (κ1) is 13.4. The van der Waals surface area contributed by atoms with Crippen molar-refractivity contribution in [3.63, 3.8) is 0 Å². The summed E-state index contributed by atoms with van der Waals surface area (Å²) in [6.07, 6.45) is 3.30. The highest BCUT2D eigenvalue weighted by atomic mass is 35.5. The molecule has 0 unspecified atom stereocenters. The summed E-state index contributed by atoms with van der Waals surface area (Å²) in [5.74, 6) is 0.828. The zero-order chi connectivity index (χ0) is 13.1. The molecule has 0 atom stereocenters. The van der Waals surface area contributed by atoms with Crippen molar-refractivity contribution in [2.24, 2.45) is 0 Å². The minimum atomic E-state index is 0.509. The second-order valence-electron chi connectivity index (χ2n) is 3.92. The molecule has 2 aromatic rings. The van der Waals surface area contributed by atoms with Crippen LogP contribution in [-0.2, 0) is 6.42 Å². The van der Waals surface area contributed by atoms with Crippen LogP contribution < -0.4 is 0 Å². The Kier molecular flexibility index (Phi) is 4.24. The molecular weight excluding hydrogens is 270 g/mol. The van der Waals surface area contributed by atoms with Crippen LogP contribution in [0, 0.1) is 13.8 Å². The first-order valence-electron chi connectivity index (χ1n) is 5.73. The Bertz CT molecular complexity index is 537. The molecule has 0 aliphatic heterocycles. The van der Waals surface area contributed by atoms with Crippen LogP contribution in [0.3, 0.4) is 0 Å². The SMILES string of the molecule is CCCc1c(Cl)ncnc1Sc1nc(C)c(C)o1. The molecule has 2 aromatic heterocycles. The molecule has 0 saturated heterocycles. The largest absolute Gasteiger partial charge is 0.436 e. The van der Waals surface area contributed by atoms with Gasteiger partial charge in [0, 0.05) is 5.56 Å². The van der Waals surface area contributed by atoms with E-state index >= 15 is 0 Å². The molecule has 2 rings (SSSR count). The lowest BCUT2D eigenvalue weighted by Crippen LogP contribution is -1.95. The quantitative estimate of drug-likeness (QED) is 0.798. The fraction of sp³-hybridized carbons (Fsp3) is 0.417. The molecule has 0 radical (unpaired) electrons. The second kappa shape index (κ2) is 5.71. The van der Waals surface area contributed by atoms with Crippen molar-refractivity contribution in [3.8, 4) is 0 Å². The van der Waals surface area contributed by atoms with Gasteiger partial charge in [-0.25, -0.2) is 15.0 Å². The van der Waals surface area contributed by atoms with Crippen molar-refractivity contribution >= 4 is 23.4 Å². The third-order valence-corrected chi connectivity index (χ3v) is 3.77. The maximum absolute atomic E-state index is 6.10. The molecular formula is C12H14ClN3OS. The lowest BCUT2D eigenvalue weighted by molar-refractivity contribution is 0.431. The molecule has 0 aromatic carbocycles. The molecule has 0 aliphatic carbocycles. The van der Waals surface area contributed by atoms with E-state index in [1.165, 1.54) is 18.1 Å². The van der Waals surface area contributed by atoms with Crippen molar-refractivity contribution < 1.29 is 4.42 Å². The van der Waals surface area contributed by atoms with Gasteiger partial charge in [0.2, 0.25) is 0 Å². The molecule has 0 saturated carbocycles. The molecule has 0 fully saturated rings. The predicted molar refractivity (Wildman–Crippen MR) is 71.1 cm³/mol. The molecule has 0 aliphatic rings. The van der Waals surface area contributed by atoms with Crippen LogP contribution in [0.1, 0.15) is 30.4 Å². The van der Waals surface area contributed by atoms with Crippen molar-refractivity contribution in [2.45, 2.75) is 43.9 Å². The van der Waals surface area contributed by atoms with Crippen LogP contribution in [0.2, 0.25) is 5.15 Å². The van der Waals surface area contributed by atoms with Crippen molar-refractivity contribution in [3.05, 3.63) is 28.5 Å². The van der Waals surface area contributed by atoms with Gasteiger partial charge in [0.15, 0.2) is 0 Å². The Morgan fingerprint density at radius 3 is 2.72 bits per heavy atom. The maximum Gasteiger partial charge on any atom is 0.262 e. The Morgan fingerprint density at radius 1 is 1.33 bits per heavy atom. The highest BCUT2D eigenvalue weighted by Gasteiger charge is 2.14. The number of nitrogens with zero attached hydrogens (tertiary/aromatic N) is 3. The zero-order valence-electron chi connectivity index (χ0n) is 10.5. The van der Waals surface area contributed by atoms with Gasteiger partial charge in [0.05, 0.1) is 5.69 Å². The topological polar surface area (TPSA) is 51.8 Å². The van der Waals surface area contributed by atoms with Gasteiger partial charge in [-0.3, -0.25) is 0 Å². The standard InChI is InChI=1S/C12H14ClN3OS/c1-4-5-9-10(13)14-6-15-11(9)18-12-16-7(2)8(3)17-12/h6H,4-5H2,1-3H3. The van der Waals surface area contributed by atoms with Crippen LogP contribution >= 0.6 is 23.4 Å². The van der Waals surface area contributed by atoms with E-state index in [1.807, 2.05) is 13.8 Å². The first-order chi connectivity index (χ1) is 8.61. The van der Waals surface area contributed by atoms with Crippen LogP contribution in [0.25, 0.3) is 0 Å². The molecule has 6 heteroatoms. The van der Waals surface area contributed by atoms with Crippen LogP contribution in [0.4, 0.5) is 0 Å². The molecule has 0 N–H and O–H groups in total. The fourth-order valence-corrected chi connectivity index (χ4v) is 2.71. The molecule has 2 heterocycles. The van der Waals surface area contributed by atoms with Crippen molar-refractivity contribution in [1.29, 1.82) is 0 Å². The van der Waals surface area contributed by atoms with E-state index in [0.29, 0.717) is 10.4 Å². The summed E-state index contributed by atoms with van der Waals surface area (Å²) in [5, 5.41) is 1.92. The van der Waals surface area contributed by atoms with E-state index in [4.69, 9.17) is 16.0 Å². The average Bonchev–Trinajstić information content (AvgIpc) is 2.63. The highest BCUT2D eigenvalue weighted by Crippen LogP contribution is 2.32. The molecule has 0 spiro atoms. The van der Waals surface area contributed by atoms with Gasteiger partial charge in [-0.15, -0.1) is 0 Å². The van der Waals surface area contributed by atoms with Crippen LogP contribution in [0.5, 0.6) is 0 Å². The normalized spacial score (nSPS) is 10.9. The summed E-state index contributed by atoms with van der Waals surface area (Å²) in [6, 6.07) is 0. The van der Waals surface area contributed by atoms with E-state index in [9.17, 15) is 0 Å². The summed E-state index contributed by atoms with van der Waals surface area (Å²) in [5.41, 5.74) is 1.86. The predicted octanol–water partition coefficient (Wildman–Crippen LogP) is 3.84. The van der Waals surface area contributed by atoms with Gasteiger partial charge in [0.25, 0.3) is 5.22 Å². The Labute approximate surface area is 115 Å². The fourth-order valence-electron chi connectivity index (χ4n) is 1.49. The third kappa shape index (κ3) is 2.84. The van der Waals surface area contributed by atoms with Gasteiger partial charge in [-0.1, -0.05) is 24.9 Å². The summed E-state index contributed by atoms with van der Waals surface area (Å²) < 4.78 is 5.54. The monoisotopic (exact) mass is 283 g/mol. The minimum absolute atomic E-state index is 0.509. The zero-order valence-corrected chi connectivity index (χ0v) is 12.1. The lowest BCUT2D eigenvalue weighted by Gasteiger charge is -2.05. The first-order valence-corrected chi connectivity index (χ1v) is 6.92. The summed E-state index contributed by atoms with van der Waals surface area (Å²) in [6.45, 7) is 5.91. The Balaban J connectivity index is 2.30. The van der Waals surface area contributed by atoms with Gasteiger partial charge in [-0.05, 0) is 32.0 Å². The number of hydrogen-bond donors (Lipinski definition) is 0.